The summed E-state index contributed by atoms with van der Waals surface area (Å²) in [5.41, 5.74) is 1.07. The number of nitrogens with one attached hydrogen (secondary N) is 1. The summed E-state index contributed by atoms with van der Waals surface area (Å²) in [4.78, 5) is 23.2. The molecule has 0 aliphatic carbocycles. The number of piperidine rings is 1. The van der Waals surface area contributed by atoms with E-state index < -0.39 is 0 Å². The van der Waals surface area contributed by atoms with Crippen LogP contribution >= 0.6 is 0 Å². The van der Waals surface area contributed by atoms with Gasteiger partial charge in [-0.15, -0.1) is 0 Å². The van der Waals surface area contributed by atoms with Gasteiger partial charge in [0.1, 0.15) is 5.82 Å². The smallest absolute Gasteiger partial charge is 0.240 e. The largest absolute Gasteiger partial charge is 0.338 e. The summed E-state index contributed by atoms with van der Waals surface area (Å²) in [7, 11) is 0. The van der Waals surface area contributed by atoms with Crippen LogP contribution in [-0.2, 0) is 17.8 Å². The third-order valence-electron chi connectivity index (χ3n) is 4.22. The molecule has 1 fully saturated rings. The third kappa shape index (κ3) is 4.17. The fourth-order valence-corrected chi connectivity index (χ4v) is 2.87. The van der Waals surface area contributed by atoms with Crippen molar-refractivity contribution in [1.82, 2.24) is 20.0 Å². The number of carbonyl (C=O) groups is 1. The Bertz CT molecular complexity index is 683. The summed E-state index contributed by atoms with van der Waals surface area (Å²) in [6, 6.07) is 3.77. The second kappa shape index (κ2) is 7.53. The molecule has 1 N–H and O–H groups in total. The topological polar surface area (TPSA) is 84.2 Å². The standard InChI is InChI=1S/C17H23N5O2/c1-3-14-19-16(24-21-14)11-22-8-4-5-13(10-22)17(23)20-15-7-6-12(2)9-18-15/h6-7,9,13H,3-5,8,10-11H2,1-2H3,(H,18,20,23)/t13-/m1/s1. The van der Waals surface area contributed by atoms with E-state index in [4.69, 9.17) is 4.52 Å². The van der Waals surface area contributed by atoms with E-state index >= 15 is 0 Å². The van der Waals surface area contributed by atoms with E-state index in [-0.39, 0.29) is 11.8 Å². The Balaban J connectivity index is 1.56. The van der Waals surface area contributed by atoms with Gasteiger partial charge in [0.2, 0.25) is 11.8 Å². The predicted octanol–water partition coefficient (Wildman–Crippen LogP) is 2.19. The molecule has 3 heterocycles. The Kier molecular flexibility index (Phi) is 5.20. The summed E-state index contributed by atoms with van der Waals surface area (Å²) in [6.45, 7) is 6.20. The Morgan fingerprint density at radius 2 is 2.33 bits per heavy atom. The van der Waals surface area contributed by atoms with Gasteiger partial charge in [-0.1, -0.05) is 18.1 Å². The highest BCUT2D eigenvalue weighted by atomic mass is 16.5. The zero-order valence-corrected chi connectivity index (χ0v) is 14.2. The highest BCUT2D eigenvalue weighted by molar-refractivity contribution is 5.91. The number of hydrogen-bond donors (Lipinski definition) is 1. The first-order valence-corrected chi connectivity index (χ1v) is 8.41. The summed E-state index contributed by atoms with van der Waals surface area (Å²) in [5.74, 6) is 1.92. The Morgan fingerprint density at radius 1 is 1.46 bits per heavy atom. The molecular weight excluding hydrogens is 306 g/mol. The van der Waals surface area contributed by atoms with E-state index in [1.54, 1.807) is 6.20 Å². The molecule has 1 amide bonds. The van der Waals surface area contributed by atoms with Gasteiger partial charge in [-0.25, -0.2) is 4.98 Å². The molecule has 7 heteroatoms. The molecule has 24 heavy (non-hydrogen) atoms. The Morgan fingerprint density at radius 3 is 3.04 bits per heavy atom. The van der Waals surface area contributed by atoms with E-state index in [9.17, 15) is 4.79 Å². The van der Waals surface area contributed by atoms with E-state index in [1.807, 2.05) is 26.0 Å². The van der Waals surface area contributed by atoms with Crippen molar-refractivity contribution < 1.29 is 9.32 Å². The van der Waals surface area contributed by atoms with Crippen molar-refractivity contribution in [3.05, 3.63) is 35.6 Å². The maximum atomic E-state index is 12.5. The lowest BCUT2D eigenvalue weighted by atomic mass is 9.97. The number of aromatic nitrogens is 3. The number of hydrogen-bond acceptors (Lipinski definition) is 6. The molecule has 0 bridgehead atoms. The van der Waals surface area contributed by atoms with Gasteiger partial charge in [-0.2, -0.15) is 4.98 Å². The van der Waals surface area contributed by atoms with Gasteiger partial charge in [-0.3, -0.25) is 9.69 Å². The predicted molar refractivity (Wildman–Crippen MR) is 89.3 cm³/mol. The zero-order chi connectivity index (χ0) is 16.9. The molecule has 0 aromatic carbocycles. The van der Waals surface area contributed by atoms with Gasteiger partial charge in [0.05, 0.1) is 12.5 Å². The van der Waals surface area contributed by atoms with Gasteiger partial charge < -0.3 is 9.84 Å². The molecule has 2 aromatic heterocycles. The van der Waals surface area contributed by atoms with E-state index in [2.05, 4.69) is 25.3 Å². The Hall–Kier alpha value is -2.28. The minimum Gasteiger partial charge on any atom is -0.338 e. The van der Waals surface area contributed by atoms with Crippen molar-refractivity contribution in [3.8, 4) is 0 Å². The van der Waals surface area contributed by atoms with Crippen LogP contribution in [0.15, 0.2) is 22.9 Å². The van der Waals surface area contributed by atoms with Crippen LogP contribution in [0.5, 0.6) is 0 Å². The monoisotopic (exact) mass is 329 g/mol. The number of nitrogens with zero attached hydrogens (tertiary/aromatic N) is 4. The first kappa shape index (κ1) is 16.6. The molecule has 3 rings (SSSR count). The molecule has 2 aromatic rings. The van der Waals surface area contributed by atoms with Crippen molar-refractivity contribution >= 4 is 11.7 Å². The third-order valence-corrected chi connectivity index (χ3v) is 4.22. The molecule has 7 nitrogen and oxygen atoms in total. The van der Waals surface area contributed by atoms with Crippen LogP contribution in [0, 0.1) is 12.8 Å². The summed E-state index contributed by atoms with van der Waals surface area (Å²) in [5, 5.41) is 6.83. The minimum atomic E-state index is -0.0459. The number of aryl methyl sites for hydroxylation is 2. The summed E-state index contributed by atoms with van der Waals surface area (Å²) in [6.07, 6.45) is 4.38. The number of anilines is 1. The van der Waals surface area contributed by atoms with Crippen LogP contribution in [0.4, 0.5) is 5.82 Å². The zero-order valence-electron chi connectivity index (χ0n) is 14.2. The van der Waals surface area contributed by atoms with Crippen molar-refractivity contribution in [3.63, 3.8) is 0 Å². The van der Waals surface area contributed by atoms with Gasteiger partial charge in [0.15, 0.2) is 5.82 Å². The maximum Gasteiger partial charge on any atom is 0.240 e. The van der Waals surface area contributed by atoms with Crippen molar-refractivity contribution in [2.75, 3.05) is 18.4 Å². The normalized spacial score (nSPS) is 18.5. The van der Waals surface area contributed by atoms with Gasteiger partial charge >= 0.3 is 0 Å². The first-order valence-electron chi connectivity index (χ1n) is 8.41. The fraction of sp³-hybridized carbons (Fsp3) is 0.529. The average molecular weight is 329 g/mol. The molecule has 1 saturated heterocycles. The van der Waals surface area contributed by atoms with Crippen LogP contribution in [0.3, 0.4) is 0 Å². The highest BCUT2D eigenvalue weighted by Gasteiger charge is 2.27. The number of likely N-dealkylation sites (tertiary alicyclic amines) is 1. The van der Waals surface area contributed by atoms with E-state index in [0.717, 1.165) is 37.2 Å². The highest BCUT2D eigenvalue weighted by Crippen LogP contribution is 2.20. The molecule has 0 radical (unpaired) electrons. The summed E-state index contributed by atoms with van der Waals surface area (Å²) >= 11 is 0. The molecule has 0 spiro atoms. The molecular formula is C17H23N5O2. The lowest BCUT2D eigenvalue weighted by Crippen LogP contribution is -2.40. The van der Waals surface area contributed by atoms with Crippen LogP contribution in [-0.4, -0.2) is 39.0 Å². The fourth-order valence-electron chi connectivity index (χ4n) is 2.87. The number of pyridine rings is 1. The number of amides is 1. The van der Waals surface area contributed by atoms with Gasteiger partial charge in [0, 0.05) is 19.2 Å². The molecule has 0 unspecified atom stereocenters. The molecule has 128 valence electrons. The van der Waals surface area contributed by atoms with Gasteiger partial charge in [-0.05, 0) is 37.9 Å². The van der Waals surface area contributed by atoms with Crippen molar-refractivity contribution in [1.29, 1.82) is 0 Å². The summed E-state index contributed by atoms with van der Waals surface area (Å²) < 4.78 is 5.25. The quantitative estimate of drug-likeness (QED) is 0.905. The molecule has 1 atom stereocenters. The van der Waals surface area contributed by atoms with E-state index in [1.165, 1.54) is 0 Å². The maximum absolute atomic E-state index is 12.5. The van der Waals surface area contributed by atoms with Crippen molar-refractivity contribution in [2.24, 2.45) is 5.92 Å². The van der Waals surface area contributed by atoms with E-state index in [0.29, 0.717) is 24.8 Å². The number of rotatable bonds is 5. The first-order chi connectivity index (χ1) is 11.6. The van der Waals surface area contributed by atoms with Gasteiger partial charge in [0.25, 0.3) is 0 Å². The number of carbonyl (C=O) groups excluding carboxylic acids is 1. The minimum absolute atomic E-state index is 0.0239. The average Bonchev–Trinajstić information content (AvgIpc) is 3.05. The molecule has 1 aliphatic heterocycles. The van der Waals surface area contributed by atoms with Crippen LogP contribution in [0.1, 0.15) is 37.0 Å². The lowest BCUT2D eigenvalue weighted by molar-refractivity contribution is -0.121. The second-order valence-electron chi connectivity index (χ2n) is 6.24. The Labute approximate surface area is 141 Å². The van der Waals surface area contributed by atoms with Crippen LogP contribution in [0.25, 0.3) is 0 Å². The lowest BCUT2D eigenvalue weighted by Gasteiger charge is -2.30. The molecule has 0 saturated carbocycles. The SMILES string of the molecule is CCc1noc(CN2CCC[C@@H](C(=O)Nc3ccc(C)cn3)C2)n1. The van der Waals surface area contributed by atoms with Crippen LogP contribution < -0.4 is 5.32 Å². The second-order valence-corrected chi connectivity index (χ2v) is 6.24. The molecule has 1 aliphatic rings. The van der Waals surface area contributed by atoms with Crippen LogP contribution in [0.2, 0.25) is 0 Å². The van der Waals surface area contributed by atoms with Crippen molar-refractivity contribution in [2.45, 2.75) is 39.7 Å².